The maximum Gasteiger partial charge on any atom is 0.329 e. The lowest BCUT2D eigenvalue weighted by molar-refractivity contribution is -0.147. The van der Waals surface area contributed by atoms with Crippen molar-refractivity contribution in [3.05, 3.63) is 0 Å². The minimum Gasteiger partial charge on any atom is -0.480 e. The normalized spacial score (nSPS) is 23.8. The van der Waals surface area contributed by atoms with Gasteiger partial charge in [0.2, 0.25) is 0 Å². The second-order valence-corrected chi connectivity index (χ2v) is 6.37. The molecule has 5 heteroatoms. The zero-order valence-electron chi connectivity index (χ0n) is 13.1. The molecule has 2 amide bonds. The number of hydrogen-bond acceptors (Lipinski definition) is 2. The highest BCUT2D eigenvalue weighted by atomic mass is 16.4. The summed E-state index contributed by atoms with van der Waals surface area (Å²) in [7, 11) is 0. The summed E-state index contributed by atoms with van der Waals surface area (Å²) in [6, 6.07) is -0.0921. The maximum atomic E-state index is 12.3. The summed E-state index contributed by atoms with van der Waals surface area (Å²) in [6.45, 7) is 7.56. The Balaban J connectivity index is 2.66. The molecule has 20 heavy (non-hydrogen) atoms. The molecule has 0 aliphatic heterocycles. The highest BCUT2D eigenvalue weighted by Crippen LogP contribution is 2.23. The molecule has 2 atom stereocenters. The van der Waals surface area contributed by atoms with Crippen molar-refractivity contribution in [1.82, 2.24) is 10.2 Å². The van der Waals surface area contributed by atoms with Gasteiger partial charge in [-0.05, 0) is 46.0 Å². The van der Waals surface area contributed by atoms with Gasteiger partial charge in [0.15, 0.2) is 0 Å². The Morgan fingerprint density at radius 3 is 2.45 bits per heavy atom. The van der Waals surface area contributed by atoms with Crippen LogP contribution in [0, 0.1) is 5.92 Å². The van der Waals surface area contributed by atoms with Crippen LogP contribution in [0.3, 0.4) is 0 Å². The van der Waals surface area contributed by atoms with E-state index in [4.69, 9.17) is 0 Å². The number of carbonyl (C=O) groups is 2. The van der Waals surface area contributed by atoms with Gasteiger partial charge < -0.3 is 15.3 Å². The Bertz CT molecular complexity index is 355. The van der Waals surface area contributed by atoms with Gasteiger partial charge in [-0.3, -0.25) is 0 Å². The van der Waals surface area contributed by atoms with E-state index in [-0.39, 0.29) is 12.1 Å². The highest BCUT2D eigenvalue weighted by molar-refractivity contribution is 5.85. The number of urea groups is 1. The number of carbonyl (C=O) groups excluding carboxylic acids is 1. The first kappa shape index (κ1) is 16.8. The van der Waals surface area contributed by atoms with Gasteiger partial charge in [-0.25, -0.2) is 9.59 Å². The average molecular weight is 284 g/mol. The van der Waals surface area contributed by atoms with Crippen LogP contribution < -0.4 is 5.32 Å². The van der Waals surface area contributed by atoms with Crippen molar-refractivity contribution < 1.29 is 14.7 Å². The van der Waals surface area contributed by atoms with E-state index in [1.165, 1.54) is 11.3 Å². The molecule has 116 valence electrons. The summed E-state index contributed by atoms with van der Waals surface area (Å²) in [5, 5.41) is 12.3. The molecule has 0 radical (unpaired) electrons. The molecule has 1 rings (SSSR count). The zero-order valence-corrected chi connectivity index (χ0v) is 13.1. The molecule has 2 unspecified atom stereocenters. The fraction of sp³-hybridized carbons (Fsp3) is 0.867. The van der Waals surface area contributed by atoms with Gasteiger partial charge in [0.05, 0.1) is 0 Å². The molecule has 1 saturated carbocycles. The lowest BCUT2D eigenvalue weighted by atomic mass is 10.0. The number of carboxylic acids is 1. The maximum absolute atomic E-state index is 12.3. The smallest absolute Gasteiger partial charge is 0.329 e. The predicted octanol–water partition coefficient (Wildman–Crippen LogP) is 2.85. The Hall–Kier alpha value is -1.26. The quantitative estimate of drug-likeness (QED) is 0.780. The number of nitrogens with one attached hydrogen (secondary N) is 1. The lowest BCUT2D eigenvalue weighted by Crippen LogP contribution is -2.57. The Morgan fingerprint density at radius 1 is 1.25 bits per heavy atom. The zero-order chi connectivity index (χ0) is 15.3. The molecule has 0 spiro atoms. The summed E-state index contributed by atoms with van der Waals surface area (Å²) in [6.07, 6.45) is 5.43. The van der Waals surface area contributed by atoms with E-state index in [0.29, 0.717) is 6.54 Å². The monoisotopic (exact) mass is 284 g/mol. The number of hydrogen-bond donors (Lipinski definition) is 2. The summed E-state index contributed by atoms with van der Waals surface area (Å²) < 4.78 is 0. The molecule has 1 aliphatic rings. The number of carboxylic acid groups (broad SMARTS) is 1. The fourth-order valence-electron chi connectivity index (χ4n) is 2.79. The van der Waals surface area contributed by atoms with Crippen LogP contribution in [-0.2, 0) is 4.79 Å². The molecule has 0 aromatic rings. The first-order valence-electron chi connectivity index (χ1n) is 7.60. The molecular weight excluding hydrogens is 256 g/mol. The van der Waals surface area contributed by atoms with E-state index >= 15 is 0 Å². The Kier molecular flexibility index (Phi) is 5.84. The number of rotatable bonds is 4. The van der Waals surface area contributed by atoms with Crippen molar-refractivity contribution in [3.8, 4) is 0 Å². The van der Waals surface area contributed by atoms with Crippen LogP contribution >= 0.6 is 0 Å². The van der Waals surface area contributed by atoms with Crippen molar-refractivity contribution >= 4 is 12.0 Å². The third-order valence-corrected chi connectivity index (χ3v) is 4.34. The van der Waals surface area contributed by atoms with Crippen LogP contribution in [0.5, 0.6) is 0 Å². The number of likely N-dealkylation sites (N-methyl/N-ethyl adjacent to an activating group) is 1. The molecule has 0 aromatic carbocycles. The number of amides is 2. The van der Waals surface area contributed by atoms with Crippen LogP contribution in [0.1, 0.15) is 59.8 Å². The molecule has 2 N–H and O–H groups in total. The molecule has 5 nitrogen and oxygen atoms in total. The van der Waals surface area contributed by atoms with E-state index in [2.05, 4.69) is 12.2 Å². The fourth-order valence-corrected chi connectivity index (χ4v) is 2.79. The third-order valence-electron chi connectivity index (χ3n) is 4.34. The van der Waals surface area contributed by atoms with E-state index in [1.807, 2.05) is 0 Å². The van der Waals surface area contributed by atoms with Crippen molar-refractivity contribution in [2.75, 3.05) is 6.54 Å². The first-order valence-corrected chi connectivity index (χ1v) is 7.60. The molecule has 0 heterocycles. The molecule has 1 fully saturated rings. The van der Waals surface area contributed by atoms with Gasteiger partial charge in [-0.2, -0.15) is 0 Å². The van der Waals surface area contributed by atoms with Gasteiger partial charge in [0, 0.05) is 12.6 Å². The van der Waals surface area contributed by atoms with E-state index in [0.717, 1.165) is 31.6 Å². The Morgan fingerprint density at radius 2 is 1.90 bits per heavy atom. The van der Waals surface area contributed by atoms with E-state index in [9.17, 15) is 14.7 Å². The van der Waals surface area contributed by atoms with Gasteiger partial charge in [0.1, 0.15) is 5.54 Å². The van der Waals surface area contributed by atoms with Gasteiger partial charge in [-0.1, -0.05) is 19.8 Å². The highest BCUT2D eigenvalue weighted by Gasteiger charge is 2.37. The van der Waals surface area contributed by atoms with Crippen molar-refractivity contribution in [2.45, 2.75) is 71.4 Å². The van der Waals surface area contributed by atoms with Crippen LogP contribution in [0.2, 0.25) is 0 Å². The number of nitrogens with zero attached hydrogens (tertiary/aromatic N) is 1. The molecule has 0 saturated heterocycles. The Labute approximate surface area is 121 Å². The SMILES string of the molecule is CCN(C(=O)NC1CCCC(C)CC1)C(C)(C)C(=O)O. The van der Waals surface area contributed by atoms with Crippen LogP contribution in [0.25, 0.3) is 0 Å². The second-order valence-electron chi connectivity index (χ2n) is 6.37. The van der Waals surface area contributed by atoms with Gasteiger partial charge in [0.25, 0.3) is 0 Å². The minimum absolute atomic E-state index is 0.172. The molecule has 0 aromatic heterocycles. The van der Waals surface area contributed by atoms with E-state index < -0.39 is 11.5 Å². The molecule has 1 aliphatic carbocycles. The topological polar surface area (TPSA) is 69.6 Å². The second kappa shape index (κ2) is 6.95. The standard InChI is InChI=1S/C15H28N2O3/c1-5-17(15(3,4)13(18)19)14(20)16-12-8-6-7-11(2)9-10-12/h11-12H,5-10H2,1-4H3,(H,16,20)(H,18,19). The summed E-state index contributed by atoms with van der Waals surface area (Å²) in [4.78, 5) is 25.0. The summed E-state index contributed by atoms with van der Waals surface area (Å²) >= 11 is 0. The average Bonchev–Trinajstić information content (AvgIpc) is 2.54. The molecule has 0 bridgehead atoms. The van der Waals surface area contributed by atoms with E-state index in [1.54, 1.807) is 20.8 Å². The predicted molar refractivity (Wildman–Crippen MR) is 78.7 cm³/mol. The summed E-state index contributed by atoms with van der Waals surface area (Å²) in [5.74, 6) is -0.265. The number of aliphatic carboxylic acids is 1. The first-order chi connectivity index (χ1) is 9.28. The van der Waals surface area contributed by atoms with Crippen LogP contribution in [-0.4, -0.2) is 40.1 Å². The van der Waals surface area contributed by atoms with Crippen molar-refractivity contribution in [1.29, 1.82) is 0 Å². The lowest BCUT2D eigenvalue weighted by Gasteiger charge is -2.35. The minimum atomic E-state index is -1.18. The molecular formula is C15H28N2O3. The third kappa shape index (κ3) is 4.12. The van der Waals surface area contributed by atoms with Crippen LogP contribution in [0.4, 0.5) is 4.79 Å². The van der Waals surface area contributed by atoms with Crippen LogP contribution in [0.15, 0.2) is 0 Å². The van der Waals surface area contributed by atoms with Crippen molar-refractivity contribution in [2.24, 2.45) is 5.92 Å². The largest absolute Gasteiger partial charge is 0.480 e. The van der Waals surface area contributed by atoms with Crippen molar-refractivity contribution in [3.63, 3.8) is 0 Å². The van der Waals surface area contributed by atoms with Gasteiger partial charge in [-0.15, -0.1) is 0 Å². The van der Waals surface area contributed by atoms with Gasteiger partial charge >= 0.3 is 12.0 Å². The summed E-state index contributed by atoms with van der Waals surface area (Å²) in [5.41, 5.74) is -1.18.